The van der Waals surface area contributed by atoms with Gasteiger partial charge in [0.05, 0.1) is 13.2 Å². The van der Waals surface area contributed by atoms with E-state index in [0.717, 1.165) is 32.2 Å². The standard InChI is InChI=1S/C40H69N3O10/c1-5-7-9-11-13-15-17-30-49-36(45)22-19-27-41-35(44)25-26-40(51-32-34(33-52-40)53-38(47)24-21-29-43(3)4)39(48)42-28-20-23-37(46)50-31-18-16-14-12-10-8-6-2/h15-18,34H,5-14,19-33H2,1-4H3,(H,41,44)(H,42,48)/b17-15-,18-16-. The van der Waals surface area contributed by atoms with E-state index in [1.807, 2.05) is 43.3 Å². The quantitative estimate of drug-likeness (QED) is 0.0388. The van der Waals surface area contributed by atoms with Gasteiger partial charge in [-0.1, -0.05) is 76.7 Å². The number of nitrogens with zero attached hydrogens (tertiary/aromatic N) is 1. The molecule has 1 rings (SSSR count). The van der Waals surface area contributed by atoms with Crippen LogP contribution in [0.15, 0.2) is 24.3 Å². The molecule has 53 heavy (non-hydrogen) atoms. The number of hydrogen-bond acceptors (Lipinski definition) is 11. The summed E-state index contributed by atoms with van der Waals surface area (Å²) in [6.45, 7) is 5.81. The van der Waals surface area contributed by atoms with E-state index in [1.165, 1.54) is 38.5 Å². The largest absolute Gasteiger partial charge is 0.461 e. The Labute approximate surface area is 318 Å². The Morgan fingerprint density at radius 2 is 1.19 bits per heavy atom. The Morgan fingerprint density at radius 1 is 0.660 bits per heavy atom. The van der Waals surface area contributed by atoms with Crippen LogP contribution in [0, 0.1) is 0 Å². The van der Waals surface area contributed by atoms with Crippen LogP contribution in [0.5, 0.6) is 0 Å². The number of esters is 3. The predicted molar refractivity (Wildman–Crippen MR) is 204 cm³/mol. The van der Waals surface area contributed by atoms with Crippen LogP contribution >= 0.6 is 0 Å². The number of unbranched alkanes of at least 4 members (excludes halogenated alkanes) is 8. The lowest BCUT2D eigenvalue weighted by molar-refractivity contribution is -0.282. The average Bonchev–Trinajstić information content (AvgIpc) is 3.13. The lowest BCUT2D eigenvalue weighted by Gasteiger charge is -2.38. The highest BCUT2D eigenvalue weighted by atomic mass is 16.7. The highest BCUT2D eigenvalue weighted by Gasteiger charge is 2.45. The van der Waals surface area contributed by atoms with Crippen molar-refractivity contribution in [2.75, 3.05) is 60.2 Å². The highest BCUT2D eigenvalue weighted by Crippen LogP contribution is 2.26. The third kappa shape index (κ3) is 25.4. The molecule has 1 heterocycles. The molecule has 0 aromatic rings. The molecule has 13 nitrogen and oxygen atoms in total. The summed E-state index contributed by atoms with van der Waals surface area (Å²) in [5, 5.41) is 5.52. The normalized spacial score (nSPS) is 17.3. The van der Waals surface area contributed by atoms with Gasteiger partial charge in [-0.2, -0.15) is 0 Å². The summed E-state index contributed by atoms with van der Waals surface area (Å²) < 4.78 is 27.7. The second-order valence-corrected chi connectivity index (χ2v) is 13.7. The minimum Gasteiger partial charge on any atom is -0.461 e. The van der Waals surface area contributed by atoms with Gasteiger partial charge >= 0.3 is 17.9 Å². The molecule has 0 unspecified atom stereocenters. The first-order valence-electron chi connectivity index (χ1n) is 19.9. The molecule has 0 spiro atoms. The summed E-state index contributed by atoms with van der Waals surface area (Å²) in [6, 6.07) is 0. The van der Waals surface area contributed by atoms with Gasteiger partial charge in [0.2, 0.25) is 5.91 Å². The monoisotopic (exact) mass is 751 g/mol. The molecule has 0 aromatic carbocycles. The number of hydrogen-bond donors (Lipinski definition) is 2. The zero-order valence-electron chi connectivity index (χ0n) is 33.1. The first-order valence-corrected chi connectivity index (χ1v) is 19.9. The molecular weight excluding hydrogens is 682 g/mol. The Morgan fingerprint density at radius 3 is 1.72 bits per heavy atom. The first-order chi connectivity index (χ1) is 25.6. The smallest absolute Gasteiger partial charge is 0.306 e. The maximum atomic E-state index is 13.4. The van der Waals surface area contributed by atoms with Crippen LogP contribution in [-0.2, 0) is 47.7 Å². The number of carbonyl (C=O) groups is 5. The van der Waals surface area contributed by atoms with Gasteiger partial charge in [-0.15, -0.1) is 0 Å². The summed E-state index contributed by atoms with van der Waals surface area (Å²) in [4.78, 5) is 64.5. The number of rotatable bonds is 31. The highest BCUT2D eigenvalue weighted by molar-refractivity contribution is 5.85. The fourth-order valence-corrected chi connectivity index (χ4v) is 5.36. The van der Waals surface area contributed by atoms with Crippen molar-refractivity contribution in [1.29, 1.82) is 0 Å². The van der Waals surface area contributed by atoms with Gasteiger partial charge in [0, 0.05) is 45.2 Å². The summed E-state index contributed by atoms with van der Waals surface area (Å²) in [7, 11) is 3.85. The van der Waals surface area contributed by atoms with Crippen LogP contribution in [-0.4, -0.2) is 107 Å². The van der Waals surface area contributed by atoms with Crippen molar-refractivity contribution in [3.8, 4) is 0 Å². The van der Waals surface area contributed by atoms with Gasteiger partial charge in [0.25, 0.3) is 11.7 Å². The molecular formula is C40H69N3O10. The lowest BCUT2D eigenvalue weighted by Crippen LogP contribution is -2.57. The summed E-state index contributed by atoms with van der Waals surface area (Å²) >= 11 is 0. The van der Waals surface area contributed by atoms with Gasteiger partial charge in [0.15, 0.2) is 0 Å². The molecule has 0 aromatic heterocycles. The van der Waals surface area contributed by atoms with Gasteiger partial charge in [-0.05, 0) is 65.6 Å². The minimum atomic E-state index is -1.78. The van der Waals surface area contributed by atoms with E-state index in [-0.39, 0.29) is 95.4 Å². The van der Waals surface area contributed by atoms with Crippen molar-refractivity contribution in [3.63, 3.8) is 0 Å². The van der Waals surface area contributed by atoms with Crippen molar-refractivity contribution < 1.29 is 47.7 Å². The summed E-state index contributed by atoms with van der Waals surface area (Å²) in [5.41, 5.74) is 0. The summed E-state index contributed by atoms with van der Waals surface area (Å²) in [6.07, 6.45) is 20.2. The zero-order valence-corrected chi connectivity index (χ0v) is 33.1. The molecule has 2 amide bonds. The van der Waals surface area contributed by atoms with E-state index in [9.17, 15) is 24.0 Å². The lowest BCUT2D eigenvalue weighted by atomic mass is 10.1. The fraction of sp³-hybridized carbons (Fsp3) is 0.775. The van der Waals surface area contributed by atoms with Crippen LogP contribution in [0.25, 0.3) is 0 Å². The van der Waals surface area contributed by atoms with Crippen LogP contribution in [0.3, 0.4) is 0 Å². The van der Waals surface area contributed by atoms with Gasteiger partial charge in [0.1, 0.15) is 19.3 Å². The Bertz CT molecular complexity index is 1090. The third-order valence-electron chi connectivity index (χ3n) is 8.50. The molecule has 0 aliphatic carbocycles. The Balaban J connectivity index is 2.52. The van der Waals surface area contributed by atoms with E-state index in [4.69, 9.17) is 23.7 Å². The second kappa shape index (κ2) is 31.1. The summed E-state index contributed by atoms with van der Waals surface area (Å²) in [5.74, 6) is -3.77. The molecule has 1 aliphatic rings. The van der Waals surface area contributed by atoms with E-state index >= 15 is 0 Å². The molecule has 1 fully saturated rings. The van der Waals surface area contributed by atoms with Gasteiger partial charge in [-0.25, -0.2) is 0 Å². The molecule has 1 saturated heterocycles. The first kappa shape index (κ1) is 47.7. The molecule has 304 valence electrons. The average molecular weight is 752 g/mol. The van der Waals surface area contributed by atoms with Crippen LogP contribution in [0.1, 0.15) is 129 Å². The zero-order chi connectivity index (χ0) is 39.0. The SMILES string of the molecule is CCCCCC/C=C\COC(=O)CCCNC(=O)CCC1(C(=O)NCCCC(=O)OC/C=C\CCCCCC)OCC(OC(=O)CCCN(C)C)CO1. The van der Waals surface area contributed by atoms with E-state index in [1.54, 1.807) is 0 Å². The van der Waals surface area contributed by atoms with E-state index in [2.05, 4.69) is 24.5 Å². The third-order valence-corrected chi connectivity index (χ3v) is 8.50. The maximum absolute atomic E-state index is 13.4. The second-order valence-electron chi connectivity index (χ2n) is 13.7. The van der Waals surface area contributed by atoms with Crippen molar-refractivity contribution in [2.45, 2.75) is 141 Å². The number of ether oxygens (including phenoxy) is 5. The molecule has 0 atom stereocenters. The van der Waals surface area contributed by atoms with Crippen molar-refractivity contribution in [2.24, 2.45) is 0 Å². The van der Waals surface area contributed by atoms with Crippen molar-refractivity contribution >= 4 is 29.7 Å². The van der Waals surface area contributed by atoms with Crippen molar-refractivity contribution in [1.82, 2.24) is 15.5 Å². The molecule has 13 heteroatoms. The number of nitrogens with one attached hydrogen (secondary N) is 2. The van der Waals surface area contributed by atoms with Crippen LogP contribution < -0.4 is 10.6 Å². The van der Waals surface area contributed by atoms with E-state index < -0.39 is 17.8 Å². The Hall–Kier alpha value is -3.29. The molecule has 2 N–H and O–H groups in total. The number of carbonyl (C=O) groups excluding carboxylic acids is 5. The van der Waals surface area contributed by atoms with Crippen LogP contribution in [0.2, 0.25) is 0 Å². The number of amides is 2. The van der Waals surface area contributed by atoms with Crippen LogP contribution in [0.4, 0.5) is 0 Å². The van der Waals surface area contributed by atoms with E-state index in [0.29, 0.717) is 19.3 Å². The molecule has 1 aliphatic heterocycles. The molecule has 0 radical (unpaired) electrons. The predicted octanol–water partition coefficient (Wildman–Crippen LogP) is 5.70. The fourth-order valence-electron chi connectivity index (χ4n) is 5.36. The topological polar surface area (TPSA) is 159 Å². The Kier molecular flexibility index (Phi) is 28.0. The van der Waals surface area contributed by atoms with Gasteiger partial charge < -0.3 is 39.2 Å². The number of allylic oxidation sites excluding steroid dienone is 2. The maximum Gasteiger partial charge on any atom is 0.306 e. The minimum absolute atomic E-state index is 0.0803. The van der Waals surface area contributed by atoms with Gasteiger partial charge in [-0.3, -0.25) is 24.0 Å². The van der Waals surface area contributed by atoms with Crippen molar-refractivity contribution in [3.05, 3.63) is 24.3 Å². The molecule has 0 bridgehead atoms. The molecule has 0 saturated carbocycles.